The van der Waals surface area contributed by atoms with Crippen LogP contribution in [0.25, 0.3) is 11.5 Å². The van der Waals surface area contributed by atoms with E-state index in [1.165, 1.54) is 0 Å². The van der Waals surface area contributed by atoms with Gasteiger partial charge >= 0.3 is 6.03 Å². The van der Waals surface area contributed by atoms with E-state index < -0.39 is 17.2 Å². The van der Waals surface area contributed by atoms with Crippen molar-refractivity contribution in [3.05, 3.63) is 24.3 Å². The van der Waals surface area contributed by atoms with Crippen LogP contribution in [-0.4, -0.2) is 47.0 Å². The largest absolute Gasteiger partial charge is 0.411 e. The molecule has 27 heavy (non-hydrogen) atoms. The quantitative estimate of drug-likeness (QED) is 0.667. The van der Waals surface area contributed by atoms with Crippen molar-refractivity contribution >= 4 is 29.4 Å². The molecule has 1 heterocycles. The predicted octanol–water partition coefficient (Wildman–Crippen LogP) is 2.91. The van der Waals surface area contributed by atoms with Gasteiger partial charge in [0.15, 0.2) is 0 Å². The number of anilines is 1. The van der Waals surface area contributed by atoms with E-state index in [9.17, 15) is 9.59 Å². The van der Waals surface area contributed by atoms with Crippen LogP contribution in [0.5, 0.6) is 0 Å². The third kappa shape index (κ3) is 5.72. The molecule has 0 bridgehead atoms. The number of hydrogen-bond acceptors (Lipinski definition) is 7. The average molecular weight is 391 g/mol. The second-order valence-corrected chi connectivity index (χ2v) is 6.99. The zero-order valence-corrected chi connectivity index (χ0v) is 16.8. The van der Waals surface area contributed by atoms with Gasteiger partial charge in [-0.15, -0.1) is 10.2 Å². The smallest absolute Gasteiger partial charge is 0.321 e. The molecule has 1 aromatic carbocycles. The maximum Gasteiger partial charge on any atom is 0.321 e. The fourth-order valence-corrected chi connectivity index (χ4v) is 3.08. The molecule has 0 saturated heterocycles. The minimum atomic E-state index is -0.550. The third-order valence-corrected chi connectivity index (χ3v) is 4.80. The summed E-state index contributed by atoms with van der Waals surface area (Å²) in [5, 5.41) is 12.5. The summed E-state index contributed by atoms with van der Waals surface area (Å²) in [5.74, 6) is -0.0331. The van der Waals surface area contributed by atoms with Gasteiger partial charge < -0.3 is 14.6 Å². The molecule has 0 aliphatic heterocycles. The Morgan fingerprint density at radius 2 is 1.81 bits per heavy atom. The van der Waals surface area contributed by atoms with Crippen molar-refractivity contribution in [2.75, 3.05) is 24.5 Å². The number of nitrogens with zero attached hydrogens (tertiary/aromatic N) is 3. The number of aromatic nitrogens is 2. The van der Waals surface area contributed by atoms with E-state index in [1.54, 1.807) is 13.8 Å². The molecular weight excluding hydrogens is 366 g/mol. The Morgan fingerprint density at radius 3 is 2.41 bits per heavy atom. The molecule has 8 nitrogen and oxygen atoms in total. The van der Waals surface area contributed by atoms with Gasteiger partial charge in [-0.1, -0.05) is 11.8 Å². The Kier molecular flexibility index (Phi) is 7.66. The van der Waals surface area contributed by atoms with Crippen molar-refractivity contribution in [3.63, 3.8) is 0 Å². The lowest BCUT2D eigenvalue weighted by molar-refractivity contribution is -0.119. The van der Waals surface area contributed by atoms with Gasteiger partial charge in [0, 0.05) is 30.9 Å². The third-order valence-electron chi connectivity index (χ3n) is 3.87. The van der Waals surface area contributed by atoms with Crippen LogP contribution in [-0.2, 0) is 4.79 Å². The summed E-state index contributed by atoms with van der Waals surface area (Å²) in [6, 6.07) is 7.38. The second kappa shape index (κ2) is 9.96. The summed E-state index contributed by atoms with van der Waals surface area (Å²) in [6.45, 7) is 9.99. The number of hydrogen-bond donors (Lipinski definition) is 2. The molecule has 1 aromatic heterocycles. The van der Waals surface area contributed by atoms with Crippen LogP contribution >= 0.6 is 11.8 Å². The van der Waals surface area contributed by atoms with Crippen molar-refractivity contribution in [1.82, 2.24) is 20.8 Å². The van der Waals surface area contributed by atoms with Crippen molar-refractivity contribution in [2.24, 2.45) is 0 Å². The minimum absolute atomic E-state index is 0.274. The zero-order chi connectivity index (χ0) is 19.8. The molecule has 0 radical (unpaired) electrons. The number of carbonyl (C=O) groups is 2. The predicted molar refractivity (Wildman–Crippen MR) is 106 cm³/mol. The van der Waals surface area contributed by atoms with Gasteiger partial charge in [-0.25, -0.2) is 4.79 Å². The average Bonchev–Trinajstić information content (AvgIpc) is 3.12. The first-order valence-electron chi connectivity index (χ1n) is 8.92. The van der Waals surface area contributed by atoms with Crippen LogP contribution in [0.1, 0.15) is 27.7 Å². The lowest BCUT2D eigenvalue weighted by atomic mass is 10.2. The Hall–Kier alpha value is -2.55. The van der Waals surface area contributed by atoms with Crippen LogP contribution in [0.3, 0.4) is 0 Å². The lowest BCUT2D eigenvalue weighted by Gasteiger charge is -2.20. The SMILES string of the molecule is CCNC(=O)NC(=O)[C@H](C)Sc1nnc(-c2ccc(N(CC)CC)cc2)o1. The van der Waals surface area contributed by atoms with Crippen LogP contribution in [0.4, 0.5) is 10.5 Å². The summed E-state index contributed by atoms with van der Waals surface area (Å²) < 4.78 is 5.64. The maximum absolute atomic E-state index is 12.0. The fraction of sp³-hybridized carbons (Fsp3) is 0.444. The Morgan fingerprint density at radius 1 is 1.15 bits per heavy atom. The van der Waals surface area contributed by atoms with Gasteiger partial charge in [0.05, 0.1) is 5.25 Å². The second-order valence-electron chi connectivity index (χ2n) is 5.70. The number of amides is 3. The van der Waals surface area contributed by atoms with E-state index in [4.69, 9.17) is 4.42 Å². The highest BCUT2D eigenvalue weighted by Crippen LogP contribution is 2.27. The molecule has 0 unspecified atom stereocenters. The highest BCUT2D eigenvalue weighted by Gasteiger charge is 2.20. The lowest BCUT2D eigenvalue weighted by Crippen LogP contribution is -2.42. The molecule has 1 atom stereocenters. The normalized spacial score (nSPS) is 11.7. The highest BCUT2D eigenvalue weighted by atomic mass is 32.2. The molecule has 0 aliphatic carbocycles. The van der Waals surface area contributed by atoms with Crippen LogP contribution in [0, 0.1) is 0 Å². The van der Waals surface area contributed by atoms with Gasteiger partial charge in [-0.3, -0.25) is 10.1 Å². The molecule has 9 heteroatoms. The molecule has 2 N–H and O–H groups in total. The van der Waals surface area contributed by atoms with E-state index in [1.807, 2.05) is 24.3 Å². The molecule has 3 amide bonds. The highest BCUT2D eigenvalue weighted by molar-refractivity contribution is 8.00. The molecule has 0 fully saturated rings. The molecular formula is C18H25N5O3S. The summed E-state index contributed by atoms with van der Waals surface area (Å²) >= 11 is 1.10. The van der Waals surface area contributed by atoms with Gasteiger partial charge in [-0.2, -0.15) is 0 Å². The molecule has 0 saturated carbocycles. The van der Waals surface area contributed by atoms with Crippen LogP contribution in [0.15, 0.2) is 33.9 Å². The number of urea groups is 1. The number of nitrogens with one attached hydrogen (secondary N) is 2. The van der Waals surface area contributed by atoms with E-state index in [2.05, 4.69) is 39.6 Å². The van der Waals surface area contributed by atoms with Gasteiger partial charge in [0.1, 0.15) is 0 Å². The summed E-state index contributed by atoms with van der Waals surface area (Å²) in [6.07, 6.45) is 0. The molecule has 0 aliphatic rings. The van der Waals surface area contributed by atoms with Gasteiger partial charge in [0.2, 0.25) is 11.8 Å². The molecule has 2 aromatic rings. The summed E-state index contributed by atoms with van der Waals surface area (Å²) in [4.78, 5) is 25.6. The van der Waals surface area contributed by atoms with E-state index in [0.717, 1.165) is 36.1 Å². The Labute approximate surface area is 163 Å². The number of carbonyl (C=O) groups excluding carboxylic acids is 2. The minimum Gasteiger partial charge on any atom is -0.411 e. The van der Waals surface area contributed by atoms with E-state index in [0.29, 0.717) is 12.4 Å². The topological polar surface area (TPSA) is 100 Å². The summed E-state index contributed by atoms with van der Waals surface area (Å²) in [5.41, 5.74) is 1.94. The zero-order valence-electron chi connectivity index (χ0n) is 16.0. The fourth-order valence-electron chi connectivity index (χ4n) is 2.40. The molecule has 146 valence electrons. The van der Waals surface area contributed by atoms with Crippen molar-refractivity contribution in [1.29, 1.82) is 0 Å². The molecule has 2 rings (SSSR count). The van der Waals surface area contributed by atoms with Gasteiger partial charge in [0.25, 0.3) is 5.22 Å². The van der Waals surface area contributed by atoms with Gasteiger partial charge in [-0.05, 0) is 52.0 Å². The first-order valence-corrected chi connectivity index (χ1v) is 9.80. The maximum atomic E-state index is 12.0. The van der Waals surface area contributed by atoms with Crippen LogP contribution in [0.2, 0.25) is 0 Å². The molecule has 0 spiro atoms. The Balaban J connectivity index is 1.99. The Bertz CT molecular complexity index is 759. The van der Waals surface area contributed by atoms with Crippen molar-refractivity contribution in [3.8, 4) is 11.5 Å². The van der Waals surface area contributed by atoms with E-state index in [-0.39, 0.29) is 5.22 Å². The summed E-state index contributed by atoms with van der Waals surface area (Å²) in [7, 11) is 0. The standard InChI is InChI=1S/C18H25N5O3S/c1-5-19-17(25)20-15(24)12(4)27-18-22-21-16(26-18)13-8-10-14(11-9-13)23(6-2)7-3/h8-12H,5-7H2,1-4H3,(H2,19,20,24,25)/t12-/m0/s1. The number of benzene rings is 1. The number of imide groups is 1. The first-order chi connectivity index (χ1) is 13.0. The van der Waals surface area contributed by atoms with Crippen LogP contribution < -0.4 is 15.5 Å². The van der Waals surface area contributed by atoms with Crippen molar-refractivity contribution in [2.45, 2.75) is 38.2 Å². The monoisotopic (exact) mass is 391 g/mol. The number of rotatable bonds is 8. The van der Waals surface area contributed by atoms with Crippen molar-refractivity contribution < 1.29 is 14.0 Å². The number of thioether (sulfide) groups is 1. The van der Waals surface area contributed by atoms with E-state index >= 15 is 0 Å². The first kappa shape index (κ1) is 20.8.